The zero-order valence-corrected chi connectivity index (χ0v) is 15.5. The Hall–Kier alpha value is -0.870. The lowest BCUT2D eigenvalue weighted by atomic mass is 10.3. The first-order valence-electron chi connectivity index (χ1n) is 6.26. The summed E-state index contributed by atoms with van der Waals surface area (Å²) in [5.41, 5.74) is 6.43. The molecule has 0 fully saturated rings. The highest BCUT2D eigenvalue weighted by Crippen LogP contribution is 2.27. The molecule has 1 heterocycles. The number of nitrogens with one attached hydrogen (secondary N) is 1. The summed E-state index contributed by atoms with van der Waals surface area (Å²) < 4.78 is 30.5. The zero-order valence-electron chi connectivity index (χ0n) is 12.3. The Morgan fingerprint density at radius 3 is 2.27 bits per heavy atom. The van der Waals surface area contributed by atoms with E-state index in [9.17, 15) is 13.2 Å². The van der Waals surface area contributed by atoms with Crippen LogP contribution in [0.2, 0.25) is 0 Å². The van der Waals surface area contributed by atoms with Crippen molar-refractivity contribution in [3.05, 3.63) is 27.1 Å². The number of benzene rings is 1. The van der Waals surface area contributed by atoms with Gasteiger partial charge in [-0.1, -0.05) is 0 Å². The van der Waals surface area contributed by atoms with Gasteiger partial charge in [-0.15, -0.1) is 12.4 Å². The summed E-state index contributed by atoms with van der Waals surface area (Å²) in [4.78, 5) is 12.0. The van der Waals surface area contributed by atoms with Gasteiger partial charge in [0.1, 0.15) is 0 Å². The van der Waals surface area contributed by atoms with Crippen molar-refractivity contribution >= 4 is 49.4 Å². The number of hydrogen-bond donors (Lipinski definition) is 2. The first-order valence-corrected chi connectivity index (χ1v) is 8.54. The van der Waals surface area contributed by atoms with Gasteiger partial charge >= 0.3 is 5.69 Å². The molecule has 0 aliphatic heterocycles. The van der Waals surface area contributed by atoms with Crippen LogP contribution in [0.3, 0.4) is 0 Å². The highest BCUT2D eigenvalue weighted by Gasteiger charge is 2.22. The molecule has 124 valence electrons. The molecule has 2 aromatic rings. The van der Waals surface area contributed by atoms with E-state index in [2.05, 4.69) is 20.7 Å². The van der Waals surface area contributed by atoms with Crippen molar-refractivity contribution < 1.29 is 8.42 Å². The van der Waals surface area contributed by atoms with Gasteiger partial charge in [0.25, 0.3) is 0 Å². The Kier molecular flexibility index (Phi) is 5.85. The van der Waals surface area contributed by atoms with E-state index in [-0.39, 0.29) is 35.6 Å². The number of fused-ring (bicyclic) bond motifs is 1. The normalized spacial score (nSPS) is 13.1. The molecule has 0 aliphatic carbocycles. The lowest BCUT2D eigenvalue weighted by Crippen LogP contribution is -2.37. The number of nitrogens with zero attached hydrogens (tertiary/aromatic N) is 2. The molecule has 0 amide bonds. The molecule has 0 unspecified atom stereocenters. The molecule has 2 rings (SSSR count). The van der Waals surface area contributed by atoms with E-state index in [1.165, 1.54) is 15.2 Å². The number of hydrogen-bond acceptors (Lipinski definition) is 4. The minimum absolute atomic E-state index is 0. The van der Waals surface area contributed by atoms with E-state index < -0.39 is 10.0 Å². The molecule has 10 heteroatoms. The largest absolute Gasteiger partial charge is 0.329 e. The average Bonchev–Trinajstić information content (AvgIpc) is 2.62. The predicted molar refractivity (Wildman–Crippen MR) is 91.9 cm³/mol. The fourth-order valence-corrected chi connectivity index (χ4v) is 4.39. The van der Waals surface area contributed by atoms with E-state index in [4.69, 9.17) is 5.73 Å². The van der Waals surface area contributed by atoms with Crippen LogP contribution in [0.25, 0.3) is 11.0 Å². The van der Waals surface area contributed by atoms with Gasteiger partial charge in [-0.2, -0.15) is 0 Å². The standard InChI is InChI=1S/C12H17BrN4O3S.ClH/c1-7(6-14)15-21(19,20)11-5-10-9(4-8(11)13)16(2)12(18)17(10)3;/h4-5,7,15H,6,14H2,1-3H3;1H/t7-;/m0./s1. The molecule has 7 nitrogen and oxygen atoms in total. The third kappa shape index (κ3) is 3.23. The third-order valence-electron chi connectivity index (χ3n) is 3.33. The van der Waals surface area contributed by atoms with Crippen molar-refractivity contribution in [1.29, 1.82) is 0 Å². The summed E-state index contributed by atoms with van der Waals surface area (Å²) in [7, 11) is -0.475. The minimum atomic E-state index is -3.72. The van der Waals surface area contributed by atoms with E-state index in [1.807, 2.05) is 0 Å². The van der Waals surface area contributed by atoms with Crippen LogP contribution in [0.4, 0.5) is 0 Å². The molecule has 0 spiro atoms. The number of aromatic nitrogens is 2. The fourth-order valence-electron chi connectivity index (χ4n) is 2.08. The van der Waals surface area contributed by atoms with Crippen LogP contribution in [0.1, 0.15) is 6.92 Å². The third-order valence-corrected chi connectivity index (χ3v) is 5.87. The summed E-state index contributed by atoms with van der Waals surface area (Å²) in [6.45, 7) is 1.88. The number of imidazole rings is 1. The molecule has 0 radical (unpaired) electrons. The van der Waals surface area contributed by atoms with E-state index in [1.54, 1.807) is 27.1 Å². The Bertz CT molecular complexity index is 859. The topological polar surface area (TPSA) is 99.1 Å². The quantitative estimate of drug-likeness (QED) is 0.770. The van der Waals surface area contributed by atoms with Gasteiger partial charge in [-0.05, 0) is 35.0 Å². The molecule has 0 saturated carbocycles. The summed E-state index contributed by atoms with van der Waals surface area (Å²) in [5, 5.41) is 0. The number of halogens is 2. The van der Waals surface area contributed by atoms with Gasteiger partial charge in [0, 0.05) is 31.2 Å². The molecular formula is C12H18BrClN4O3S. The molecular weight excluding hydrogens is 396 g/mol. The molecule has 0 aliphatic rings. The van der Waals surface area contributed by atoms with Crippen LogP contribution < -0.4 is 16.1 Å². The number of rotatable bonds is 4. The van der Waals surface area contributed by atoms with E-state index in [0.29, 0.717) is 15.5 Å². The van der Waals surface area contributed by atoms with Crippen molar-refractivity contribution in [1.82, 2.24) is 13.9 Å². The Morgan fingerprint density at radius 2 is 1.77 bits per heavy atom. The maximum absolute atomic E-state index is 12.4. The van der Waals surface area contributed by atoms with Crippen LogP contribution in [0, 0.1) is 0 Å². The molecule has 1 atom stereocenters. The van der Waals surface area contributed by atoms with Crippen molar-refractivity contribution in [2.45, 2.75) is 17.9 Å². The number of nitrogens with two attached hydrogens (primary N) is 1. The Labute approximate surface area is 143 Å². The van der Waals surface area contributed by atoms with Gasteiger partial charge in [0.05, 0.1) is 15.9 Å². The van der Waals surface area contributed by atoms with Gasteiger partial charge in [0.2, 0.25) is 10.0 Å². The second-order valence-electron chi connectivity index (χ2n) is 4.93. The Morgan fingerprint density at radius 1 is 1.27 bits per heavy atom. The van der Waals surface area contributed by atoms with Crippen LogP contribution in [0.5, 0.6) is 0 Å². The summed E-state index contributed by atoms with van der Waals surface area (Å²) >= 11 is 3.26. The summed E-state index contributed by atoms with van der Waals surface area (Å²) in [5.74, 6) is 0. The van der Waals surface area contributed by atoms with Crippen LogP contribution in [0.15, 0.2) is 26.3 Å². The van der Waals surface area contributed by atoms with Gasteiger partial charge in [-0.25, -0.2) is 17.9 Å². The SMILES string of the molecule is C[C@@H](CN)NS(=O)(=O)c1cc2c(cc1Br)n(C)c(=O)n2C.Cl. The highest BCUT2D eigenvalue weighted by molar-refractivity contribution is 9.10. The van der Waals surface area contributed by atoms with Gasteiger partial charge in [0.15, 0.2) is 0 Å². The van der Waals surface area contributed by atoms with Crippen molar-refractivity contribution in [3.63, 3.8) is 0 Å². The Balaban J connectivity index is 0.00000242. The van der Waals surface area contributed by atoms with Gasteiger partial charge < -0.3 is 5.73 Å². The second-order valence-corrected chi connectivity index (χ2v) is 7.47. The lowest BCUT2D eigenvalue weighted by molar-refractivity contribution is 0.562. The van der Waals surface area contributed by atoms with Crippen molar-refractivity contribution in [2.75, 3.05) is 6.54 Å². The van der Waals surface area contributed by atoms with E-state index in [0.717, 1.165) is 0 Å². The molecule has 1 aromatic heterocycles. The smallest absolute Gasteiger partial charge is 0.328 e. The monoisotopic (exact) mass is 412 g/mol. The van der Waals surface area contributed by atoms with Crippen LogP contribution in [-0.2, 0) is 24.1 Å². The molecule has 22 heavy (non-hydrogen) atoms. The maximum atomic E-state index is 12.4. The first-order chi connectivity index (χ1) is 9.69. The minimum Gasteiger partial charge on any atom is -0.329 e. The average molecular weight is 414 g/mol. The van der Waals surface area contributed by atoms with Crippen molar-refractivity contribution in [2.24, 2.45) is 19.8 Å². The maximum Gasteiger partial charge on any atom is 0.328 e. The molecule has 0 saturated heterocycles. The second kappa shape index (κ2) is 6.71. The van der Waals surface area contributed by atoms with Crippen LogP contribution in [-0.4, -0.2) is 30.1 Å². The van der Waals surface area contributed by atoms with Crippen LogP contribution >= 0.6 is 28.3 Å². The number of sulfonamides is 1. The summed E-state index contributed by atoms with van der Waals surface area (Å²) in [6, 6.07) is 2.72. The van der Waals surface area contributed by atoms with Crippen molar-refractivity contribution in [3.8, 4) is 0 Å². The van der Waals surface area contributed by atoms with Gasteiger partial charge in [-0.3, -0.25) is 9.13 Å². The highest BCUT2D eigenvalue weighted by atomic mass is 79.9. The fraction of sp³-hybridized carbons (Fsp3) is 0.417. The van der Waals surface area contributed by atoms with E-state index >= 15 is 0 Å². The molecule has 3 N–H and O–H groups in total. The first kappa shape index (κ1) is 19.2. The summed E-state index contributed by atoms with van der Waals surface area (Å²) in [6.07, 6.45) is 0. The predicted octanol–water partition coefficient (Wildman–Crippen LogP) is 0.687. The molecule has 0 bridgehead atoms. The molecule has 1 aromatic carbocycles. The zero-order chi connectivity index (χ0) is 15.9. The lowest BCUT2D eigenvalue weighted by Gasteiger charge is -2.13. The number of aryl methyl sites for hydroxylation is 2.